The Balaban J connectivity index is 3.32. The molecule has 0 aliphatic heterocycles. The molecule has 1 amide bonds. The van der Waals surface area contributed by atoms with Gasteiger partial charge in [-0.15, -0.1) is 0 Å². The number of hydrogen-bond acceptors (Lipinski definition) is 3. The molecule has 0 aromatic heterocycles. The van der Waals surface area contributed by atoms with E-state index in [0.717, 1.165) is 5.69 Å². The number of amides is 1. The molecule has 0 fully saturated rings. The molecule has 1 N–H and O–H groups in total. The Labute approximate surface area is 119 Å². The zero-order valence-corrected chi connectivity index (χ0v) is 12.7. The number of carbonyl (C=O) groups is 2. The van der Waals surface area contributed by atoms with Gasteiger partial charge in [-0.1, -0.05) is 12.1 Å². The van der Waals surface area contributed by atoms with Gasteiger partial charge in [0.25, 0.3) is 0 Å². The summed E-state index contributed by atoms with van der Waals surface area (Å²) in [6, 6.07) is 7.22. The van der Waals surface area contributed by atoms with E-state index in [2.05, 4.69) is 0 Å². The van der Waals surface area contributed by atoms with E-state index in [-0.39, 0.29) is 5.91 Å². The first-order valence-electron chi connectivity index (χ1n) is 6.54. The normalized spacial score (nSPS) is 13.4. The minimum atomic E-state index is -1.36. The molecule has 0 aliphatic rings. The number of hydrogen-bond donors (Lipinski definition) is 1. The average molecular weight is 278 g/mol. The zero-order valence-electron chi connectivity index (χ0n) is 12.7. The fourth-order valence-electron chi connectivity index (χ4n) is 2.33. The predicted molar refractivity (Wildman–Crippen MR) is 78.8 cm³/mol. The fraction of sp³-hybridized carbons (Fsp3) is 0.467. The number of anilines is 1. The Morgan fingerprint density at radius 1 is 1.20 bits per heavy atom. The van der Waals surface area contributed by atoms with Gasteiger partial charge in [-0.05, 0) is 31.5 Å². The first-order chi connectivity index (χ1) is 9.25. The zero-order chi connectivity index (χ0) is 15.5. The molecular weight excluding hydrogens is 256 g/mol. The number of carboxylic acids is 1. The van der Waals surface area contributed by atoms with Gasteiger partial charge in [-0.2, -0.15) is 0 Å². The lowest BCUT2D eigenvalue weighted by atomic mass is 9.89. The molecule has 1 rings (SSSR count). The van der Waals surface area contributed by atoms with Crippen LogP contribution in [-0.4, -0.2) is 42.5 Å². The summed E-state index contributed by atoms with van der Waals surface area (Å²) in [6.45, 7) is 5.06. The lowest BCUT2D eigenvalue weighted by molar-refractivity contribution is -0.158. The minimum Gasteiger partial charge on any atom is -0.479 e. The molecule has 5 nitrogen and oxygen atoms in total. The highest BCUT2D eigenvalue weighted by atomic mass is 16.4. The van der Waals surface area contributed by atoms with Crippen molar-refractivity contribution in [3.63, 3.8) is 0 Å². The highest BCUT2D eigenvalue weighted by molar-refractivity contribution is 5.87. The minimum absolute atomic E-state index is 0.255. The van der Waals surface area contributed by atoms with Crippen LogP contribution in [0.4, 0.5) is 5.69 Å². The van der Waals surface area contributed by atoms with Gasteiger partial charge in [-0.3, -0.25) is 4.79 Å². The number of aliphatic carboxylic acids is 1. The molecule has 0 spiro atoms. The van der Waals surface area contributed by atoms with E-state index in [1.54, 1.807) is 26.0 Å². The molecule has 1 atom stereocenters. The van der Waals surface area contributed by atoms with Gasteiger partial charge in [0.2, 0.25) is 5.91 Å². The van der Waals surface area contributed by atoms with Crippen molar-refractivity contribution in [3.8, 4) is 0 Å². The van der Waals surface area contributed by atoms with E-state index in [0.29, 0.717) is 12.1 Å². The van der Waals surface area contributed by atoms with Crippen LogP contribution in [-0.2, 0) is 15.1 Å². The van der Waals surface area contributed by atoms with Crippen LogP contribution in [0, 0.1) is 0 Å². The number of benzene rings is 1. The van der Waals surface area contributed by atoms with Crippen molar-refractivity contribution in [2.75, 3.05) is 25.5 Å². The molecule has 0 bridgehead atoms. The third-order valence-electron chi connectivity index (χ3n) is 3.60. The molecule has 0 saturated heterocycles. The number of likely N-dealkylation sites (N-methyl/N-ethyl adjacent to an activating group) is 1. The number of rotatable bonds is 5. The molecule has 1 aromatic rings. The Hall–Kier alpha value is -2.04. The maximum absolute atomic E-state index is 11.7. The molecule has 1 aromatic carbocycles. The van der Waals surface area contributed by atoms with Gasteiger partial charge in [-0.25, -0.2) is 4.79 Å². The smallest absolute Gasteiger partial charge is 0.334 e. The molecule has 5 heteroatoms. The van der Waals surface area contributed by atoms with Gasteiger partial charge in [0.15, 0.2) is 5.54 Å². The van der Waals surface area contributed by atoms with E-state index in [1.807, 2.05) is 31.1 Å². The molecule has 110 valence electrons. The molecular formula is C15H22N2O3. The number of carbonyl (C=O) groups excluding carboxylic acids is 1. The van der Waals surface area contributed by atoms with Crippen LogP contribution in [0.15, 0.2) is 24.3 Å². The standard InChI is InChI=1S/C15H22N2O3/c1-6-17(11(2)18)15(3,14(19)20)12-7-9-13(10-8-12)16(4)5/h7-10H,6H2,1-5H3,(H,19,20). The third kappa shape index (κ3) is 2.76. The van der Waals surface area contributed by atoms with Crippen molar-refractivity contribution in [2.45, 2.75) is 26.3 Å². The monoisotopic (exact) mass is 278 g/mol. The molecule has 0 radical (unpaired) electrons. The van der Waals surface area contributed by atoms with Gasteiger partial charge in [0.05, 0.1) is 0 Å². The fourth-order valence-corrected chi connectivity index (χ4v) is 2.33. The Bertz CT molecular complexity index is 496. The molecule has 0 heterocycles. The highest BCUT2D eigenvalue weighted by Gasteiger charge is 2.42. The van der Waals surface area contributed by atoms with Crippen molar-refractivity contribution in [3.05, 3.63) is 29.8 Å². The first-order valence-corrected chi connectivity index (χ1v) is 6.54. The van der Waals surface area contributed by atoms with E-state index < -0.39 is 11.5 Å². The first kappa shape index (κ1) is 16.0. The average Bonchev–Trinajstić information content (AvgIpc) is 2.38. The van der Waals surface area contributed by atoms with E-state index in [4.69, 9.17) is 0 Å². The summed E-state index contributed by atoms with van der Waals surface area (Å²) in [4.78, 5) is 26.8. The Morgan fingerprint density at radius 2 is 1.70 bits per heavy atom. The summed E-state index contributed by atoms with van der Waals surface area (Å²) in [5, 5.41) is 9.61. The van der Waals surface area contributed by atoms with Crippen LogP contribution in [0.3, 0.4) is 0 Å². The quantitative estimate of drug-likeness (QED) is 0.894. The van der Waals surface area contributed by atoms with Gasteiger partial charge in [0.1, 0.15) is 0 Å². The van der Waals surface area contributed by atoms with E-state index in [9.17, 15) is 14.7 Å². The maximum atomic E-state index is 11.7. The summed E-state index contributed by atoms with van der Waals surface area (Å²) in [7, 11) is 3.83. The van der Waals surface area contributed by atoms with Gasteiger partial charge < -0.3 is 14.9 Å². The van der Waals surface area contributed by atoms with Gasteiger partial charge >= 0.3 is 5.97 Å². The van der Waals surface area contributed by atoms with Crippen molar-refractivity contribution in [2.24, 2.45) is 0 Å². The van der Waals surface area contributed by atoms with Crippen molar-refractivity contribution in [1.82, 2.24) is 4.90 Å². The van der Waals surface area contributed by atoms with Crippen molar-refractivity contribution in [1.29, 1.82) is 0 Å². The third-order valence-corrected chi connectivity index (χ3v) is 3.60. The second kappa shape index (κ2) is 5.94. The Morgan fingerprint density at radius 3 is 2.00 bits per heavy atom. The largest absolute Gasteiger partial charge is 0.479 e. The van der Waals surface area contributed by atoms with E-state index in [1.165, 1.54) is 11.8 Å². The maximum Gasteiger partial charge on any atom is 0.334 e. The van der Waals surface area contributed by atoms with Crippen LogP contribution in [0.2, 0.25) is 0 Å². The molecule has 1 unspecified atom stereocenters. The van der Waals surface area contributed by atoms with Crippen LogP contribution < -0.4 is 4.90 Å². The summed E-state index contributed by atoms with van der Waals surface area (Å²) >= 11 is 0. The van der Waals surface area contributed by atoms with Crippen LogP contribution in [0.5, 0.6) is 0 Å². The highest BCUT2D eigenvalue weighted by Crippen LogP contribution is 2.30. The SMILES string of the molecule is CCN(C(C)=O)C(C)(C(=O)O)c1ccc(N(C)C)cc1. The molecule has 0 aliphatic carbocycles. The van der Waals surface area contributed by atoms with Crippen LogP contribution in [0.25, 0.3) is 0 Å². The molecule has 0 saturated carbocycles. The molecule has 20 heavy (non-hydrogen) atoms. The topological polar surface area (TPSA) is 60.9 Å². The number of carboxylic acid groups (broad SMARTS) is 1. The second-order valence-corrected chi connectivity index (χ2v) is 5.08. The predicted octanol–water partition coefficient (Wildman–Crippen LogP) is 1.92. The summed E-state index contributed by atoms with van der Waals surface area (Å²) in [5.41, 5.74) is 0.214. The summed E-state index contributed by atoms with van der Waals surface area (Å²) in [5.74, 6) is -1.29. The Kier molecular flexibility index (Phi) is 4.76. The van der Waals surface area contributed by atoms with E-state index >= 15 is 0 Å². The van der Waals surface area contributed by atoms with Crippen molar-refractivity contribution >= 4 is 17.6 Å². The van der Waals surface area contributed by atoms with Crippen LogP contribution >= 0.6 is 0 Å². The summed E-state index contributed by atoms with van der Waals surface area (Å²) in [6.07, 6.45) is 0. The lowest BCUT2D eigenvalue weighted by Gasteiger charge is -2.37. The second-order valence-electron chi connectivity index (χ2n) is 5.08. The lowest BCUT2D eigenvalue weighted by Crippen LogP contribution is -2.51. The van der Waals surface area contributed by atoms with Crippen LogP contribution in [0.1, 0.15) is 26.3 Å². The number of nitrogens with zero attached hydrogens (tertiary/aromatic N) is 2. The van der Waals surface area contributed by atoms with Gasteiger partial charge in [0, 0.05) is 33.3 Å². The summed E-state index contributed by atoms with van der Waals surface area (Å²) < 4.78 is 0. The van der Waals surface area contributed by atoms with Crippen molar-refractivity contribution < 1.29 is 14.7 Å².